The maximum absolute atomic E-state index is 5.67. The number of hydrogen-bond acceptors (Lipinski definition) is 2. The number of thiocarbonyl (C=S) groups is 1. The zero-order chi connectivity index (χ0) is 14.0. The van der Waals surface area contributed by atoms with E-state index in [-0.39, 0.29) is 0 Å². The minimum Gasteiger partial charge on any atom is -0.389 e. The van der Waals surface area contributed by atoms with Crippen LogP contribution < -0.4 is 11.1 Å². The summed E-state index contributed by atoms with van der Waals surface area (Å²) in [7, 11) is 0. The lowest BCUT2D eigenvalue weighted by atomic mass is 9.80. The molecule has 1 aromatic rings. The summed E-state index contributed by atoms with van der Waals surface area (Å²) in [6.07, 6.45) is 3.87. The molecule has 0 spiro atoms. The Morgan fingerprint density at radius 1 is 1.37 bits per heavy atom. The lowest BCUT2D eigenvalue weighted by molar-refractivity contribution is 0.276. The fraction of sp³-hybridized carbons (Fsp3) is 0.533. The average molecular weight is 341 g/mol. The third-order valence-electron chi connectivity index (χ3n) is 4.02. The number of nitrogens with two attached hydrogens (primary N) is 1. The Morgan fingerprint density at radius 2 is 2.11 bits per heavy atom. The lowest BCUT2D eigenvalue weighted by Crippen LogP contribution is -2.33. The van der Waals surface area contributed by atoms with Crippen molar-refractivity contribution in [2.75, 3.05) is 5.32 Å². The van der Waals surface area contributed by atoms with Gasteiger partial charge in [-0.25, -0.2) is 0 Å². The Bertz CT molecular complexity index is 475. The van der Waals surface area contributed by atoms with Gasteiger partial charge in [0, 0.05) is 21.8 Å². The van der Waals surface area contributed by atoms with E-state index in [1.54, 1.807) is 0 Å². The third kappa shape index (κ3) is 3.69. The zero-order valence-electron chi connectivity index (χ0n) is 11.4. The summed E-state index contributed by atoms with van der Waals surface area (Å²) in [5.41, 5.74) is 7.70. The van der Waals surface area contributed by atoms with E-state index in [1.807, 2.05) is 6.07 Å². The number of anilines is 1. The normalized spacial score (nSPS) is 27.0. The smallest absolute Gasteiger partial charge is 0.105 e. The van der Waals surface area contributed by atoms with Crippen LogP contribution in [0.25, 0.3) is 0 Å². The van der Waals surface area contributed by atoms with Gasteiger partial charge in [-0.15, -0.1) is 0 Å². The standard InChI is InChI=1S/C15H21BrN2S/c1-9-3-6-14(10(2)7-9)18-11-4-5-12(15(17)19)13(16)8-11/h4-5,8-10,14,18H,3,6-7H2,1-2H3,(H2,17,19). The second-order valence-corrected chi connectivity index (χ2v) is 7.00. The molecule has 0 heterocycles. The van der Waals surface area contributed by atoms with Crippen LogP contribution in [0.4, 0.5) is 5.69 Å². The molecule has 1 saturated carbocycles. The number of benzene rings is 1. The van der Waals surface area contributed by atoms with Crippen LogP contribution in [-0.4, -0.2) is 11.0 Å². The van der Waals surface area contributed by atoms with Crippen molar-refractivity contribution in [1.29, 1.82) is 0 Å². The van der Waals surface area contributed by atoms with Gasteiger partial charge in [0.2, 0.25) is 0 Å². The molecule has 0 radical (unpaired) electrons. The molecule has 3 unspecified atom stereocenters. The van der Waals surface area contributed by atoms with Crippen LogP contribution >= 0.6 is 28.1 Å². The van der Waals surface area contributed by atoms with E-state index in [4.69, 9.17) is 18.0 Å². The first-order chi connectivity index (χ1) is 8.97. The van der Waals surface area contributed by atoms with Gasteiger partial charge >= 0.3 is 0 Å². The molecule has 2 nitrogen and oxygen atoms in total. The summed E-state index contributed by atoms with van der Waals surface area (Å²) in [6.45, 7) is 4.69. The van der Waals surface area contributed by atoms with Crippen LogP contribution in [0.15, 0.2) is 22.7 Å². The first kappa shape index (κ1) is 14.8. The minimum absolute atomic E-state index is 0.429. The molecule has 0 aliphatic heterocycles. The second-order valence-electron chi connectivity index (χ2n) is 5.71. The Hall–Kier alpha value is -0.610. The van der Waals surface area contributed by atoms with Crippen molar-refractivity contribution in [2.45, 2.75) is 39.2 Å². The number of rotatable bonds is 3. The first-order valence-corrected chi connectivity index (χ1v) is 8.03. The Morgan fingerprint density at radius 3 is 2.68 bits per heavy atom. The highest BCUT2D eigenvalue weighted by atomic mass is 79.9. The van der Waals surface area contributed by atoms with Gasteiger partial charge in [0.05, 0.1) is 0 Å². The summed E-state index contributed by atoms with van der Waals surface area (Å²) in [4.78, 5) is 0.429. The van der Waals surface area contributed by atoms with Crippen LogP contribution in [-0.2, 0) is 0 Å². The summed E-state index contributed by atoms with van der Waals surface area (Å²) in [6, 6.07) is 6.67. The lowest BCUT2D eigenvalue weighted by Gasteiger charge is -2.34. The highest BCUT2D eigenvalue weighted by Gasteiger charge is 2.25. The first-order valence-electron chi connectivity index (χ1n) is 6.83. The second kappa shape index (κ2) is 6.23. The average Bonchev–Trinajstić information content (AvgIpc) is 2.32. The molecule has 1 aromatic carbocycles. The van der Waals surface area contributed by atoms with E-state index in [2.05, 4.69) is 47.2 Å². The molecule has 4 heteroatoms. The van der Waals surface area contributed by atoms with Gasteiger partial charge in [-0.2, -0.15) is 0 Å². The molecule has 19 heavy (non-hydrogen) atoms. The van der Waals surface area contributed by atoms with Crippen LogP contribution in [0.5, 0.6) is 0 Å². The van der Waals surface area contributed by atoms with E-state index in [0.717, 1.165) is 27.6 Å². The van der Waals surface area contributed by atoms with Crippen LogP contribution in [0.1, 0.15) is 38.7 Å². The van der Waals surface area contributed by atoms with Crippen LogP contribution in [0, 0.1) is 11.8 Å². The SMILES string of the molecule is CC1CCC(Nc2ccc(C(N)=S)c(Br)c2)C(C)C1. The van der Waals surface area contributed by atoms with Gasteiger partial charge < -0.3 is 11.1 Å². The Labute approximate surface area is 129 Å². The molecule has 104 valence electrons. The maximum Gasteiger partial charge on any atom is 0.105 e. The minimum atomic E-state index is 0.429. The van der Waals surface area contributed by atoms with Gasteiger partial charge in [0.15, 0.2) is 0 Å². The number of nitrogens with one attached hydrogen (secondary N) is 1. The van der Waals surface area contributed by atoms with Crippen molar-refractivity contribution >= 4 is 38.8 Å². The van der Waals surface area contributed by atoms with Crippen molar-refractivity contribution < 1.29 is 0 Å². The predicted molar refractivity (Wildman–Crippen MR) is 89.6 cm³/mol. The molecular weight excluding hydrogens is 320 g/mol. The quantitative estimate of drug-likeness (QED) is 0.804. The molecule has 3 N–H and O–H groups in total. The Kier molecular flexibility index (Phi) is 4.85. The van der Waals surface area contributed by atoms with Crippen molar-refractivity contribution in [1.82, 2.24) is 0 Å². The molecule has 3 atom stereocenters. The van der Waals surface area contributed by atoms with Gasteiger partial charge in [-0.1, -0.05) is 26.1 Å². The fourth-order valence-electron chi connectivity index (χ4n) is 2.90. The van der Waals surface area contributed by atoms with Crippen LogP contribution in [0.2, 0.25) is 0 Å². The maximum atomic E-state index is 5.67. The molecular formula is C15H21BrN2S. The zero-order valence-corrected chi connectivity index (χ0v) is 13.9. The van der Waals surface area contributed by atoms with E-state index in [9.17, 15) is 0 Å². The molecule has 0 saturated heterocycles. The van der Waals surface area contributed by atoms with Gasteiger partial charge in [0.25, 0.3) is 0 Å². The van der Waals surface area contributed by atoms with E-state index < -0.39 is 0 Å². The summed E-state index contributed by atoms with van der Waals surface area (Å²) in [5.74, 6) is 1.58. The molecule has 0 amide bonds. The topological polar surface area (TPSA) is 38.0 Å². The van der Waals surface area contributed by atoms with Crippen molar-refractivity contribution in [2.24, 2.45) is 17.6 Å². The Balaban J connectivity index is 2.07. The van der Waals surface area contributed by atoms with E-state index in [1.165, 1.54) is 19.3 Å². The molecule has 1 aliphatic carbocycles. The monoisotopic (exact) mass is 340 g/mol. The number of halogens is 1. The number of hydrogen-bond donors (Lipinski definition) is 2. The third-order valence-corrected chi connectivity index (χ3v) is 4.89. The highest BCUT2D eigenvalue weighted by molar-refractivity contribution is 9.10. The van der Waals surface area contributed by atoms with Gasteiger partial charge in [0.1, 0.15) is 4.99 Å². The van der Waals surface area contributed by atoms with Crippen molar-refractivity contribution in [3.05, 3.63) is 28.2 Å². The van der Waals surface area contributed by atoms with Gasteiger partial charge in [-0.3, -0.25) is 0 Å². The highest BCUT2D eigenvalue weighted by Crippen LogP contribution is 2.31. The molecule has 1 aliphatic rings. The fourth-order valence-corrected chi connectivity index (χ4v) is 3.80. The van der Waals surface area contributed by atoms with Crippen molar-refractivity contribution in [3.63, 3.8) is 0 Å². The summed E-state index contributed by atoms with van der Waals surface area (Å²) in [5, 5.41) is 3.64. The largest absolute Gasteiger partial charge is 0.389 e. The predicted octanol–water partition coefficient (Wildman–Crippen LogP) is 4.32. The summed E-state index contributed by atoms with van der Waals surface area (Å²) >= 11 is 8.54. The van der Waals surface area contributed by atoms with Crippen molar-refractivity contribution in [3.8, 4) is 0 Å². The van der Waals surface area contributed by atoms with Gasteiger partial charge in [-0.05, 0) is 65.2 Å². The van der Waals surface area contributed by atoms with Crippen LogP contribution in [0.3, 0.4) is 0 Å². The van der Waals surface area contributed by atoms with E-state index in [0.29, 0.717) is 11.0 Å². The van der Waals surface area contributed by atoms with E-state index >= 15 is 0 Å². The molecule has 1 fully saturated rings. The molecule has 2 rings (SSSR count). The summed E-state index contributed by atoms with van der Waals surface area (Å²) < 4.78 is 0.960. The molecule has 0 bridgehead atoms. The molecule has 0 aromatic heterocycles.